The molecule has 5 rings (SSSR count). The van der Waals surface area contributed by atoms with Crippen molar-refractivity contribution in [1.29, 1.82) is 5.26 Å². The number of rotatable bonds is 2. The fourth-order valence-corrected chi connectivity index (χ4v) is 4.34. The number of hydrogen-bond donors (Lipinski definition) is 0. The van der Waals surface area contributed by atoms with Crippen molar-refractivity contribution in [3.05, 3.63) is 65.4 Å². The Morgan fingerprint density at radius 1 is 1.07 bits per heavy atom. The fraction of sp³-hybridized carbons (Fsp3) is 0.304. The van der Waals surface area contributed by atoms with Crippen LogP contribution in [0.5, 0.6) is 0 Å². The maximum atomic E-state index is 9.15. The third-order valence-corrected chi connectivity index (χ3v) is 5.88. The van der Waals surface area contributed by atoms with Crippen LogP contribution in [0.15, 0.2) is 47.8 Å². The Hall–Kier alpha value is -3.66. The maximum Gasteiger partial charge on any atom is 0.133 e. The number of nitriles is 1. The van der Waals surface area contributed by atoms with Gasteiger partial charge in [-0.15, -0.1) is 0 Å². The first-order valence-corrected chi connectivity index (χ1v) is 10.1. The summed E-state index contributed by atoms with van der Waals surface area (Å²) in [5.41, 5.74) is 5.10. The molecule has 2 aromatic heterocycles. The number of hydrazone groups is 1. The lowest BCUT2D eigenvalue weighted by atomic mass is 9.99. The third-order valence-electron chi connectivity index (χ3n) is 5.88. The second-order valence-corrected chi connectivity index (χ2v) is 8.08. The lowest BCUT2D eigenvalue weighted by Gasteiger charge is -2.26. The summed E-state index contributed by atoms with van der Waals surface area (Å²) in [6, 6.07) is 12.5. The summed E-state index contributed by atoms with van der Waals surface area (Å²) in [5.74, 6) is 2.37. The van der Waals surface area contributed by atoms with Crippen molar-refractivity contribution in [2.45, 2.75) is 25.7 Å². The highest BCUT2D eigenvalue weighted by Crippen LogP contribution is 2.39. The number of fused-ring (bicyclic) bond motifs is 3. The van der Waals surface area contributed by atoms with Crippen LogP contribution < -0.4 is 4.90 Å². The second-order valence-electron chi connectivity index (χ2n) is 8.08. The number of hydrogen-bond acceptors (Lipinski definition) is 6. The van der Waals surface area contributed by atoms with Crippen LogP contribution in [0.1, 0.15) is 41.4 Å². The van der Waals surface area contributed by atoms with Gasteiger partial charge in [-0.1, -0.05) is 13.0 Å². The topological polar surface area (TPSA) is 73.3 Å². The van der Waals surface area contributed by atoms with Crippen molar-refractivity contribution in [2.75, 3.05) is 25.0 Å². The highest BCUT2D eigenvalue weighted by atomic mass is 15.4. The molecule has 2 atom stereocenters. The first kappa shape index (κ1) is 18.4. The predicted octanol–water partition coefficient (Wildman–Crippen LogP) is 3.72. The molecule has 1 aromatic carbocycles. The van der Waals surface area contributed by atoms with Crippen LogP contribution in [-0.4, -0.2) is 45.9 Å². The molecule has 2 aliphatic rings. The normalized spacial score (nSPS) is 19.9. The molecule has 0 radical (unpaired) electrons. The van der Waals surface area contributed by atoms with Gasteiger partial charge >= 0.3 is 0 Å². The van der Waals surface area contributed by atoms with Crippen molar-refractivity contribution in [1.82, 2.24) is 19.5 Å². The summed E-state index contributed by atoms with van der Waals surface area (Å²) in [6.07, 6.45) is 5.59. The number of pyridine rings is 1. The minimum absolute atomic E-state index is 0.214. The number of benzene rings is 1. The van der Waals surface area contributed by atoms with E-state index in [9.17, 15) is 0 Å². The fourth-order valence-electron chi connectivity index (χ4n) is 4.34. The lowest BCUT2D eigenvalue weighted by Crippen LogP contribution is -2.23. The molecule has 0 fully saturated rings. The maximum absolute atomic E-state index is 9.15. The van der Waals surface area contributed by atoms with Gasteiger partial charge in [0.1, 0.15) is 17.7 Å². The second kappa shape index (κ2) is 6.99. The standard InChI is InChI=1S/C23H23N7/c1-15-13-29(22-7-4-17(9-24)11-25-22)21-8-18(19-12-27-28(3)14-19)5-6-20(21)30-16(2)10-26-23(15)30/h4-8,10-12,15,19H,13-14H2,1-3H3. The van der Waals surface area contributed by atoms with Crippen molar-refractivity contribution in [2.24, 2.45) is 5.10 Å². The first-order chi connectivity index (χ1) is 14.5. The van der Waals surface area contributed by atoms with Crippen LogP contribution in [0.25, 0.3) is 5.69 Å². The minimum atomic E-state index is 0.214. The molecule has 0 amide bonds. The van der Waals surface area contributed by atoms with Crippen LogP contribution in [0.3, 0.4) is 0 Å². The van der Waals surface area contributed by atoms with E-state index in [1.165, 1.54) is 5.56 Å². The number of nitrogens with zero attached hydrogens (tertiary/aromatic N) is 7. The van der Waals surface area contributed by atoms with Crippen LogP contribution in [0, 0.1) is 18.3 Å². The van der Waals surface area contributed by atoms with Gasteiger partial charge in [0.05, 0.1) is 16.9 Å². The summed E-state index contributed by atoms with van der Waals surface area (Å²) in [7, 11) is 2.00. The number of anilines is 2. The van der Waals surface area contributed by atoms with Gasteiger partial charge in [-0.2, -0.15) is 10.4 Å². The van der Waals surface area contributed by atoms with E-state index in [0.717, 1.165) is 41.8 Å². The molecule has 7 heteroatoms. The molecule has 30 heavy (non-hydrogen) atoms. The van der Waals surface area contributed by atoms with E-state index in [-0.39, 0.29) is 11.8 Å². The Bertz CT molecular complexity index is 1170. The number of likely N-dealkylation sites (N-methyl/N-ethyl adjacent to an activating group) is 1. The monoisotopic (exact) mass is 397 g/mol. The largest absolute Gasteiger partial charge is 0.324 e. The van der Waals surface area contributed by atoms with Gasteiger partial charge in [0.15, 0.2) is 0 Å². The van der Waals surface area contributed by atoms with E-state index in [1.807, 2.05) is 36.6 Å². The summed E-state index contributed by atoms with van der Waals surface area (Å²) in [5, 5.41) is 15.5. The molecule has 4 heterocycles. The molecular weight excluding hydrogens is 374 g/mol. The van der Waals surface area contributed by atoms with Gasteiger partial charge in [-0.05, 0) is 36.8 Å². The zero-order valence-corrected chi connectivity index (χ0v) is 17.3. The zero-order chi connectivity index (χ0) is 20.8. The quantitative estimate of drug-likeness (QED) is 0.659. The average Bonchev–Trinajstić information content (AvgIpc) is 3.34. The Morgan fingerprint density at radius 2 is 1.93 bits per heavy atom. The van der Waals surface area contributed by atoms with Crippen LogP contribution in [0.4, 0.5) is 11.5 Å². The first-order valence-electron chi connectivity index (χ1n) is 10.1. The molecule has 0 saturated carbocycles. The molecule has 0 aliphatic carbocycles. The Labute approximate surface area is 175 Å². The van der Waals surface area contributed by atoms with Crippen LogP contribution >= 0.6 is 0 Å². The Kier molecular flexibility index (Phi) is 4.28. The summed E-state index contributed by atoms with van der Waals surface area (Å²) < 4.78 is 2.25. The van der Waals surface area contributed by atoms with Crippen LogP contribution in [-0.2, 0) is 0 Å². The van der Waals surface area contributed by atoms with E-state index in [4.69, 9.17) is 10.2 Å². The SMILES string of the molecule is Cc1cnc2n1-c1ccc(C3C=NN(C)C3)cc1N(c1ccc(C#N)cn1)CC2C. The average molecular weight is 397 g/mol. The van der Waals surface area contributed by atoms with Crippen LogP contribution in [0.2, 0.25) is 0 Å². The van der Waals surface area contributed by atoms with Crippen molar-refractivity contribution < 1.29 is 0 Å². The molecule has 2 aliphatic heterocycles. The Morgan fingerprint density at radius 3 is 2.63 bits per heavy atom. The molecular formula is C23H23N7. The van der Waals surface area contributed by atoms with E-state index in [2.05, 4.69) is 57.7 Å². The molecule has 0 saturated heterocycles. The molecule has 7 nitrogen and oxygen atoms in total. The molecule has 3 aromatic rings. The highest BCUT2D eigenvalue weighted by molar-refractivity contribution is 5.76. The molecule has 0 bridgehead atoms. The third kappa shape index (κ3) is 2.92. The Balaban J connectivity index is 1.68. The lowest BCUT2D eigenvalue weighted by molar-refractivity contribution is 0.381. The van der Waals surface area contributed by atoms with Gasteiger partial charge in [-0.25, -0.2) is 9.97 Å². The summed E-state index contributed by atoms with van der Waals surface area (Å²) in [4.78, 5) is 11.5. The van der Waals surface area contributed by atoms with Crippen molar-refractivity contribution >= 4 is 17.7 Å². The predicted molar refractivity (Wildman–Crippen MR) is 117 cm³/mol. The molecule has 2 unspecified atom stereocenters. The van der Waals surface area contributed by atoms with E-state index < -0.39 is 0 Å². The van der Waals surface area contributed by atoms with E-state index in [1.54, 1.807) is 6.20 Å². The highest BCUT2D eigenvalue weighted by Gasteiger charge is 2.29. The number of aromatic nitrogens is 3. The zero-order valence-electron chi connectivity index (χ0n) is 17.3. The number of imidazole rings is 1. The molecule has 150 valence electrons. The van der Waals surface area contributed by atoms with Crippen molar-refractivity contribution in [3.63, 3.8) is 0 Å². The van der Waals surface area contributed by atoms with Gasteiger partial charge in [0, 0.05) is 56.3 Å². The number of aryl methyl sites for hydroxylation is 1. The van der Waals surface area contributed by atoms with Gasteiger partial charge < -0.3 is 4.90 Å². The van der Waals surface area contributed by atoms with Gasteiger partial charge in [-0.3, -0.25) is 9.58 Å². The van der Waals surface area contributed by atoms with Gasteiger partial charge in [0.2, 0.25) is 0 Å². The van der Waals surface area contributed by atoms with Gasteiger partial charge in [0.25, 0.3) is 0 Å². The summed E-state index contributed by atoms with van der Waals surface area (Å²) >= 11 is 0. The van der Waals surface area contributed by atoms with Crippen molar-refractivity contribution in [3.8, 4) is 11.8 Å². The minimum Gasteiger partial charge on any atom is -0.324 e. The summed E-state index contributed by atoms with van der Waals surface area (Å²) in [6.45, 7) is 5.92. The molecule has 0 N–H and O–H groups in total. The van der Waals surface area contributed by atoms with E-state index >= 15 is 0 Å². The van der Waals surface area contributed by atoms with E-state index in [0.29, 0.717) is 5.56 Å². The molecule has 0 spiro atoms. The smallest absolute Gasteiger partial charge is 0.133 e.